The van der Waals surface area contributed by atoms with Crippen LogP contribution in [-0.2, 0) is 0 Å². The van der Waals surface area contributed by atoms with Gasteiger partial charge in [-0.05, 0) is 26.3 Å². The highest BCUT2D eigenvalue weighted by Gasteiger charge is 2.09. The summed E-state index contributed by atoms with van der Waals surface area (Å²) in [5.41, 5.74) is 1.86. The summed E-state index contributed by atoms with van der Waals surface area (Å²) in [5.74, 6) is 0.136. The highest BCUT2D eigenvalue weighted by atomic mass is 16.2. The van der Waals surface area contributed by atoms with Crippen LogP contribution in [0.5, 0.6) is 0 Å². The van der Waals surface area contributed by atoms with Crippen LogP contribution in [0.3, 0.4) is 0 Å². The van der Waals surface area contributed by atoms with E-state index in [4.69, 9.17) is 0 Å². The van der Waals surface area contributed by atoms with E-state index < -0.39 is 0 Å². The Morgan fingerprint density at radius 3 is 2.16 bits per heavy atom. The smallest absolute Gasteiger partial charge is 0.247 e. The van der Waals surface area contributed by atoms with E-state index in [1.807, 2.05) is 19.9 Å². The normalized spacial score (nSPS) is 10.9. The third kappa shape index (κ3) is 6.04. The molecule has 0 aliphatic carbocycles. The zero-order valence-electron chi connectivity index (χ0n) is 12.7. The van der Waals surface area contributed by atoms with Gasteiger partial charge in [0.15, 0.2) is 0 Å². The van der Waals surface area contributed by atoms with Gasteiger partial charge in [0, 0.05) is 12.1 Å². The monoisotopic (exact) mass is 264 g/mol. The van der Waals surface area contributed by atoms with Gasteiger partial charge in [-0.15, -0.1) is 0 Å². The third-order valence-electron chi connectivity index (χ3n) is 3.49. The summed E-state index contributed by atoms with van der Waals surface area (Å²) in [7, 11) is 0. The van der Waals surface area contributed by atoms with Gasteiger partial charge in [-0.25, -0.2) is 4.68 Å². The highest BCUT2D eigenvalue weighted by Crippen LogP contribution is 2.11. The van der Waals surface area contributed by atoms with Crippen LogP contribution < -0.4 is 0 Å². The Bertz CT molecular complexity index is 382. The Hall–Kier alpha value is -1.12. The number of carbonyl (C=O) groups excluding carboxylic acids is 1. The van der Waals surface area contributed by atoms with Crippen LogP contribution in [0.2, 0.25) is 0 Å². The lowest BCUT2D eigenvalue weighted by atomic mass is 10.1. The van der Waals surface area contributed by atoms with Crippen LogP contribution >= 0.6 is 0 Å². The van der Waals surface area contributed by atoms with Gasteiger partial charge in [-0.2, -0.15) is 5.10 Å². The van der Waals surface area contributed by atoms with Crippen molar-refractivity contribution < 1.29 is 4.79 Å². The molecule has 0 radical (unpaired) electrons. The molecule has 0 aliphatic heterocycles. The minimum Gasteiger partial charge on any atom is -0.273 e. The molecular weight excluding hydrogens is 236 g/mol. The summed E-state index contributed by atoms with van der Waals surface area (Å²) in [6.07, 6.45) is 10.7. The topological polar surface area (TPSA) is 34.9 Å². The molecule has 1 heterocycles. The average Bonchev–Trinajstić information content (AvgIpc) is 2.71. The molecule has 0 bridgehead atoms. The first kappa shape index (κ1) is 15.9. The van der Waals surface area contributed by atoms with Crippen LogP contribution in [0, 0.1) is 13.8 Å². The third-order valence-corrected chi connectivity index (χ3v) is 3.49. The lowest BCUT2D eigenvalue weighted by Gasteiger charge is -2.03. The first-order valence-electron chi connectivity index (χ1n) is 7.71. The van der Waals surface area contributed by atoms with E-state index in [1.54, 1.807) is 4.68 Å². The summed E-state index contributed by atoms with van der Waals surface area (Å²) >= 11 is 0. The summed E-state index contributed by atoms with van der Waals surface area (Å²) in [6, 6.07) is 1.95. The molecule has 0 saturated carbocycles. The van der Waals surface area contributed by atoms with Crippen molar-refractivity contribution in [1.82, 2.24) is 9.78 Å². The van der Waals surface area contributed by atoms with E-state index in [9.17, 15) is 4.79 Å². The largest absolute Gasteiger partial charge is 0.273 e. The van der Waals surface area contributed by atoms with Gasteiger partial charge in [-0.3, -0.25) is 4.79 Å². The van der Waals surface area contributed by atoms with Crippen molar-refractivity contribution in [3.05, 3.63) is 17.5 Å². The second-order valence-corrected chi connectivity index (χ2v) is 5.46. The van der Waals surface area contributed by atoms with E-state index >= 15 is 0 Å². The molecule has 1 rings (SSSR count). The number of rotatable bonds is 9. The Morgan fingerprint density at radius 1 is 1.05 bits per heavy atom. The van der Waals surface area contributed by atoms with Gasteiger partial charge < -0.3 is 0 Å². The highest BCUT2D eigenvalue weighted by molar-refractivity contribution is 5.78. The lowest BCUT2D eigenvalue weighted by Crippen LogP contribution is -2.13. The molecule has 0 spiro atoms. The van der Waals surface area contributed by atoms with Crippen LogP contribution in [-0.4, -0.2) is 15.7 Å². The van der Waals surface area contributed by atoms with Crippen molar-refractivity contribution in [1.29, 1.82) is 0 Å². The molecule has 0 N–H and O–H groups in total. The quantitative estimate of drug-likeness (QED) is 0.607. The Kier molecular flexibility index (Phi) is 7.46. The maximum absolute atomic E-state index is 12.0. The fourth-order valence-corrected chi connectivity index (χ4v) is 2.40. The van der Waals surface area contributed by atoms with E-state index in [1.165, 1.54) is 38.5 Å². The van der Waals surface area contributed by atoms with Crippen molar-refractivity contribution in [2.24, 2.45) is 0 Å². The van der Waals surface area contributed by atoms with E-state index in [0.29, 0.717) is 6.42 Å². The van der Waals surface area contributed by atoms with Crippen molar-refractivity contribution in [2.75, 3.05) is 0 Å². The molecule has 0 saturated heterocycles. The van der Waals surface area contributed by atoms with Crippen molar-refractivity contribution in [3.63, 3.8) is 0 Å². The Labute approximate surface area is 117 Å². The van der Waals surface area contributed by atoms with Crippen LogP contribution in [0.4, 0.5) is 0 Å². The fraction of sp³-hybridized carbons (Fsp3) is 0.750. The van der Waals surface area contributed by atoms with Crippen LogP contribution in [0.1, 0.15) is 80.9 Å². The summed E-state index contributed by atoms with van der Waals surface area (Å²) in [5, 5.41) is 4.23. The average molecular weight is 264 g/mol. The molecule has 1 aromatic heterocycles. The number of nitrogens with zero attached hydrogens (tertiary/aromatic N) is 2. The molecule has 0 aromatic carbocycles. The first-order valence-corrected chi connectivity index (χ1v) is 7.71. The molecule has 19 heavy (non-hydrogen) atoms. The second-order valence-electron chi connectivity index (χ2n) is 5.46. The summed E-state index contributed by atoms with van der Waals surface area (Å²) in [6.45, 7) is 6.10. The number of aromatic nitrogens is 2. The minimum absolute atomic E-state index is 0.136. The van der Waals surface area contributed by atoms with E-state index in [2.05, 4.69) is 12.0 Å². The number of carbonyl (C=O) groups is 1. The molecule has 3 heteroatoms. The van der Waals surface area contributed by atoms with Gasteiger partial charge >= 0.3 is 0 Å². The van der Waals surface area contributed by atoms with Crippen molar-refractivity contribution >= 4 is 5.91 Å². The Morgan fingerprint density at radius 2 is 1.63 bits per heavy atom. The summed E-state index contributed by atoms with van der Waals surface area (Å²) < 4.78 is 1.55. The Balaban J connectivity index is 2.09. The minimum atomic E-state index is 0.136. The molecule has 0 atom stereocenters. The number of hydrogen-bond acceptors (Lipinski definition) is 2. The van der Waals surface area contributed by atoms with Crippen LogP contribution in [0.15, 0.2) is 6.07 Å². The SMILES string of the molecule is CCCCCCCCCCC(=O)n1nc(C)cc1C. The molecule has 0 fully saturated rings. The van der Waals surface area contributed by atoms with Gasteiger partial charge in [0.1, 0.15) is 0 Å². The van der Waals surface area contributed by atoms with Crippen molar-refractivity contribution in [2.45, 2.75) is 78.6 Å². The fourth-order valence-electron chi connectivity index (χ4n) is 2.40. The molecular formula is C16H28N2O. The maximum atomic E-state index is 12.0. The van der Waals surface area contributed by atoms with Gasteiger partial charge in [0.25, 0.3) is 0 Å². The molecule has 1 aromatic rings. The lowest BCUT2D eigenvalue weighted by molar-refractivity contribution is 0.0880. The standard InChI is InChI=1S/C16H28N2O/c1-4-5-6-7-8-9-10-11-12-16(19)18-15(3)13-14(2)17-18/h13H,4-12H2,1-3H3. The molecule has 0 unspecified atom stereocenters. The zero-order chi connectivity index (χ0) is 14.1. The molecule has 0 aliphatic rings. The maximum Gasteiger partial charge on any atom is 0.247 e. The molecule has 0 amide bonds. The second kappa shape index (κ2) is 8.89. The summed E-state index contributed by atoms with van der Waals surface area (Å²) in [4.78, 5) is 12.0. The van der Waals surface area contributed by atoms with Gasteiger partial charge in [-0.1, -0.05) is 51.9 Å². The number of aryl methyl sites for hydroxylation is 2. The number of unbranched alkanes of at least 4 members (excludes halogenated alkanes) is 7. The first-order chi connectivity index (χ1) is 9.15. The predicted molar refractivity (Wildman–Crippen MR) is 79.6 cm³/mol. The van der Waals surface area contributed by atoms with Crippen molar-refractivity contribution in [3.8, 4) is 0 Å². The zero-order valence-corrected chi connectivity index (χ0v) is 12.7. The van der Waals surface area contributed by atoms with Gasteiger partial charge in [0.2, 0.25) is 5.91 Å². The molecule has 108 valence electrons. The van der Waals surface area contributed by atoms with Crippen LogP contribution in [0.25, 0.3) is 0 Å². The predicted octanol–water partition coefficient (Wildman–Crippen LogP) is 4.67. The van der Waals surface area contributed by atoms with E-state index in [0.717, 1.165) is 24.2 Å². The number of hydrogen-bond donors (Lipinski definition) is 0. The van der Waals surface area contributed by atoms with Gasteiger partial charge in [0.05, 0.1) is 5.69 Å². The molecule has 3 nitrogen and oxygen atoms in total. The van der Waals surface area contributed by atoms with E-state index in [-0.39, 0.29) is 5.91 Å².